The van der Waals surface area contributed by atoms with Crippen LogP contribution < -0.4 is 15.4 Å². The monoisotopic (exact) mass is 454 g/mol. The van der Waals surface area contributed by atoms with E-state index in [2.05, 4.69) is 15.6 Å². The van der Waals surface area contributed by atoms with Gasteiger partial charge in [-0.3, -0.25) is 25.0 Å². The maximum absolute atomic E-state index is 12.1. The second-order valence-electron chi connectivity index (χ2n) is 6.91. The minimum Gasteiger partial charge on any atom is -0.484 e. The summed E-state index contributed by atoms with van der Waals surface area (Å²) in [4.78, 5) is 37.7. The van der Waals surface area contributed by atoms with E-state index in [0.29, 0.717) is 11.7 Å². The Labute approximate surface area is 188 Å². The minimum absolute atomic E-state index is 0.0256. The molecule has 0 radical (unpaired) electrons. The van der Waals surface area contributed by atoms with Crippen LogP contribution in [0.5, 0.6) is 5.75 Å². The lowest BCUT2D eigenvalue weighted by Crippen LogP contribution is -2.21. The summed E-state index contributed by atoms with van der Waals surface area (Å²) in [6.07, 6.45) is 1.73. The summed E-state index contributed by atoms with van der Waals surface area (Å²) in [5.74, 6) is -0.194. The van der Waals surface area contributed by atoms with Gasteiger partial charge in [0.1, 0.15) is 5.75 Å². The number of carbonyl (C=O) groups is 2. The lowest BCUT2D eigenvalue weighted by atomic mass is 10.1. The van der Waals surface area contributed by atoms with E-state index in [-0.39, 0.29) is 24.0 Å². The average molecular weight is 455 g/mol. The van der Waals surface area contributed by atoms with E-state index in [9.17, 15) is 19.7 Å². The van der Waals surface area contributed by atoms with E-state index in [1.54, 1.807) is 6.07 Å². The van der Waals surface area contributed by atoms with Crippen molar-refractivity contribution in [3.8, 4) is 17.0 Å². The summed E-state index contributed by atoms with van der Waals surface area (Å²) < 4.78 is 5.33. The third-order valence-electron chi connectivity index (χ3n) is 4.41. The molecule has 0 saturated carbocycles. The smallest absolute Gasteiger partial charge is 0.273 e. The van der Waals surface area contributed by atoms with Crippen LogP contribution >= 0.6 is 11.3 Å². The van der Waals surface area contributed by atoms with Crippen molar-refractivity contribution in [2.45, 2.75) is 19.8 Å². The number of nitrogens with zero attached hydrogens (tertiary/aromatic N) is 2. The van der Waals surface area contributed by atoms with Gasteiger partial charge in [0, 0.05) is 30.5 Å². The van der Waals surface area contributed by atoms with E-state index < -0.39 is 10.8 Å². The van der Waals surface area contributed by atoms with Crippen molar-refractivity contribution < 1.29 is 19.2 Å². The predicted molar refractivity (Wildman–Crippen MR) is 122 cm³/mol. The number of amides is 2. The summed E-state index contributed by atoms with van der Waals surface area (Å²) >= 11 is 1.30. The molecule has 2 amide bonds. The molecule has 0 unspecified atom stereocenters. The number of rotatable bonds is 10. The largest absolute Gasteiger partial charge is 0.484 e. The number of nitro benzene ring substituents is 1. The molecule has 166 valence electrons. The number of aryl methyl sites for hydroxylation is 1. The van der Waals surface area contributed by atoms with Crippen molar-refractivity contribution >= 4 is 34.0 Å². The number of non-ortho nitro benzene ring substituents is 1. The van der Waals surface area contributed by atoms with Crippen LogP contribution in [0.2, 0.25) is 0 Å². The first-order chi connectivity index (χ1) is 15.4. The normalized spacial score (nSPS) is 10.4. The molecule has 3 aromatic rings. The van der Waals surface area contributed by atoms with Gasteiger partial charge in [-0.2, -0.15) is 0 Å². The van der Waals surface area contributed by atoms with Crippen LogP contribution in [0.3, 0.4) is 0 Å². The molecule has 0 spiro atoms. The molecule has 1 heterocycles. The van der Waals surface area contributed by atoms with Gasteiger partial charge in [-0.15, -0.1) is 11.3 Å². The van der Waals surface area contributed by atoms with Gasteiger partial charge in [0.15, 0.2) is 11.7 Å². The topological polar surface area (TPSA) is 123 Å². The fourth-order valence-electron chi connectivity index (χ4n) is 2.85. The molecule has 1 aromatic heterocycles. The molecule has 9 nitrogen and oxygen atoms in total. The molecule has 0 fully saturated rings. The van der Waals surface area contributed by atoms with Crippen LogP contribution in [0.25, 0.3) is 11.3 Å². The Morgan fingerprint density at radius 2 is 1.97 bits per heavy atom. The molecular formula is C22H22N4O5S. The van der Waals surface area contributed by atoms with Crippen molar-refractivity contribution in [2.24, 2.45) is 0 Å². The third kappa shape index (κ3) is 6.88. The van der Waals surface area contributed by atoms with Gasteiger partial charge in [-0.05, 0) is 24.5 Å². The summed E-state index contributed by atoms with van der Waals surface area (Å²) in [6.45, 7) is 1.87. The van der Waals surface area contributed by atoms with Gasteiger partial charge < -0.3 is 10.1 Å². The molecular weight excluding hydrogens is 432 g/mol. The first-order valence-electron chi connectivity index (χ1n) is 9.87. The Morgan fingerprint density at radius 3 is 2.69 bits per heavy atom. The summed E-state index contributed by atoms with van der Waals surface area (Å²) in [7, 11) is 0. The SMILES string of the molecule is CC(=O)NCCCc1ccc(-c2csc(NC(=O)COc3cccc([N+](=O)[O-])c3)n2)cc1. The van der Waals surface area contributed by atoms with Gasteiger partial charge in [-0.1, -0.05) is 30.3 Å². The molecule has 2 aromatic carbocycles. The van der Waals surface area contributed by atoms with Crippen molar-refractivity contribution in [1.29, 1.82) is 0 Å². The van der Waals surface area contributed by atoms with Gasteiger partial charge in [-0.25, -0.2) is 4.98 Å². The number of aromatic nitrogens is 1. The van der Waals surface area contributed by atoms with E-state index in [0.717, 1.165) is 24.1 Å². The Bertz CT molecular complexity index is 1100. The van der Waals surface area contributed by atoms with E-state index in [4.69, 9.17) is 4.74 Å². The van der Waals surface area contributed by atoms with Crippen molar-refractivity contribution in [1.82, 2.24) is 10.3 Å². The Kier molecular flexibility index (Phi) is 7.87. The van der Waals surface area contributed by atoms with Crippen LogP contribution in [-0.2, 0) is 16.0 Å². The third-order valence-corrected chi connectivity index (χ3v) is 5.17. The molecule has 2 N–H and O–H groups in total. The second kappa shape index (κ2) is 11.0. The molecule has 3 rings (SSSR count). The summed E-state index contributed by atoms with van der Waals surface area (Å²) in [5.41, 5.74) is 2.74. The quantitative estimate of drug-likeness (QED) is 0.273. The molecule has 0 atom stereocenters. The van der Waals surface area contributed by atoms with Gasteiger partial charge in [0.05, 0.1) is 16.7 Å². The zero-order valence-corrected chi connectivity index (χ0v) is 18.2. The Morgan fingerprint density at radius 1 is 1.19 bits per heavy atom. The lowest BCUT2D eigenvalue weighted by molar-refractivity contribution is -0.384. The molecule has 0 saturated heterocycles. The van der Waals surface area contributed by atoms with E-state index >= 15 is 0 Å². The number of hydrogen-bond donors (Lipinski definition) is 2. The number of hydrogen-bond acceptors (Lipinski definition) is 7. The lowest BCUT2D eigenvalue weighted by Gasteiger charge is -2.05. The van der Waals surface area contributed by atoms with Crippen LogP contribution in [-0.4, -0.2) is 34.9 Å². The average Bonchev–Trinajstić information content (AvgIpc) is 3.24. The highest BCUT2D eigenvalue weighted by molar-refractivity contribution is 7.14. The first kappa shape index (κ1) is 22.9. The van der Waals surface area contributed by atoms with Crippen molar-refractivity contribution in [2.75, 3.05) is 18.5 Å². The molecule has 0 bridgehead atoms. The standard InChI is InChI=1S/C22H22N4O5S/c1-15(27)23-11-3-4-16-7-9-17(10-8-16)20-14-32-22(24-20)25-21(28)13-31-19-6-2-5-18(12-19)26(29)30/h2,5-10,12,14H,3-4,11,13H2,1H3,(H,23,27)(H,24,25,28). The summed E-state index contributed by atoms with van der Waals surface area (Å²) in [5, 5.41) is 18.5. The second-order valence-corrected chi connectivity index (χ2v) is 7.77. The fraction of sp³-hybridized carbons (Fsp3) is 0.227. The molecule has 0 aliphatic rings. The predicted octanol–water partition coefficient (Wildman–Crippen LogP) is 3.80. The van der Waals surface area contributed by atoms with E-state index in [1.165, 1.54) is 42.0 Å². The number of carbonyl (C=O) groups excluding carboxylic acids is 2. The van der Waals surface area contributed by atoms with Crippen LogP contribution in [0, 0.1) is 10.1 Å². The van der Waals surface area contributed by atoms with Gasteiger partial charge in [0.25, 0.3) is 11.6 Å². The van der Waals surface area contributed by atoms with Gasteiger partial charge >= 0.3 is 0 Å². The van der Waals surface area contributed by atoms with Crippen LogP contribution in [0.15, 0.2) is 53.9 Å². The number of benzene rings is 2. The van der Waals surface area contributed by atoms with Gasteiger partial charge in [0.2, 0.25) is 5.91 Å². The van der Waals surface area contributed by atoms with Crippen LogP contribution in [0.4, 0.5) is 10.8 Å². The zero-order chi connectivity index (χ0) is 22.9. The molecule has 0 aliphatic heterocycles. The Hall–Kier alpha value is -3.79. The number of ether oxygens (including phenoxy) is 1. The highest BCUT2D eigenvalue weighted by Gasteiger charge is 2.11. The first-order valence-corrected chi connectivity index (χ1v) is 10.7. The number of thiazole rings is 1. The maximum atomic E-state index is 12.1. The Balaban J connectivity index is 1.49. The van der Waals surface area contributed by atoms with Crippen LogP contribution in [0.1, 0.15) is 18.9 Å². The fourth-order valence-corrected chi connectivity index (χ4v) is 3.59. The zero-order valence-electron chi connectivity index (χ0n) is 17.4. The molecule has 32 heavy (non-hydrogen) atoms. The highest BCUT2D eigenvalue weighted by Crippen LogP contribution is 2.25. The number of nitrogens with one attached hydrogen (secondary N) is 2. The highest BCUT2D eigenvalue weighted by atomic mass is 32.1. The number of nitro groups is 1. The molecule has 10 heteroatoms. The maximum Gasteiger partial charge on any atom is 0.273 e. The minimum atomic E-state index is -0.525. The number of anilines is 1. The summed E-state index contributed by atoms with van der Waals surface area (Å²) in [6, 6.07) is 13.6. The van der Waals surface area contributed by atoms with Crippen molar-refractivity contribution in [3.05, 3.63) is 69.6 Å². The van der Waals surface area contributed by atoms with Crippen molar-refractivity contribution in [3.63, 3.8) is 0 Å². The molecule has 0 aliphatic carbocycles. The van der Waals surface area contributed by atoms with E-state index in [1.807, 2.05) is 29.6 Å².